The van der Waals surface area contributed by atoms with Gasteiger partial charge in [0.25, 0.3) is 0 Å². The molecule has 0 bridgehead atoms. The first-order chi connectivity index (χ1) is 25.1. The Labute approximate surface area is 296 Å². The Hall–Kier alpha value is -6.78. The molecule has 0 spiro atoms. The van der Waals surface area contributed by atoms with Crippen LogP contribution in [-0.2, 0) is 0 Å². The summed E-state index contributed by atoms with van der Waals surface area (Å²) in [6, 6.07) is 52.4. The van der Waals surface area contributed by atoms with E-state index in [1.807, 2.05) is 36.4 Å². The van der Waals surface area contributed by atoms with Crippen molar-refractivity contribution in [3.63, 3.8) is 0 Å². The number of aromatic nitrogens is 4. The van der Waals surface area contributed by atoms with Gasteiger partial charge in [0, 0.05) is 32.7 Å². The number of hydrogen-bond donors (Lipinski definition) is 0. The lowest BCUT2D eigenvalue weighted by molar-refractivity contribution is 1.33. The number of aryl methyl sites for hydroxylation is 1. The molecule has 0 atom stereocenters. The first-order valence-corrected chi connectivity index (χ1v) is 17.1. The van der Waals surface area contributed by atoms with Crippen molar-refractivity contribution in [1.29, 1.82) is 0 Å². The summed E-state index contributed by atoms with van der Waals surface area (Å²) in [7, 11) is 0. The zero-order chi connectivity index (χ0) is 34.1. The average Bonchev–Trinajstić information content (AvgIpc) is 3.19. The molecule has 0 saturated heterocycles. The molecule has 0 aliphatic rings. The summed E-state index contributed by atoms with van der Waals surface area (Å²) < 4.78 is 0. The van der Waals surface area contributed by atoms with E-state index in [0.29, 0.717) is 0 Å². The van der Waals surface area contributed by atoms with E-state index < -0.39 is 0 Å². The van der Waals surface area contributed by atoms with Gasteiger partial charge in [0.05, 0.1) is 44.8 Å². The number of benzene rings is 5. The van der Waals surface area contributed by atoms with Crippen LogP contribution >= 0.6 is 0 Å². The van der Waals surface area contributed by atoms with Crippen LogP contribution in [0.4, 0.5) is 0 Å². The maximum atomic E-state index is 5.20. The monoisotopic (exact) mass is 652 g/mol. The Balaban J connectivity index is 1.06. The van der Waals surface area contributed by atoms with Crippen molar-refractivity contribution >= 4 is 67.9 Å². The largest absolute Gasteiger partial charge is 0.246 e. The molecule has 4 nitrogen and oxygen atoms in total. The summed E-state index contributed by atoms with van der Waals surface area (Å²) in [4.78, 5) is 20.4. The predicted molar refractivity (Wildman–Crippen MR) is 214 cm³/mol. The smallest absolute Gasteiger partial charge is 0.0972 e. The zero-order valence-corrected chi connectivity index (χ0v) is 28.0. The number of fused-ring (bicyclic) bond motifs is 6. The Morgan fingerprint density at radius 2 is 0.804 bits per heavy atom. The standard InChI is InChI=1S/C47H32N4/c1-31-30-38(42-28-21-36-16-14-34-18-25-39(48-44(34)46(36)50-42)23-12-32-8-4-2-5-9-32)20-27-41(31)43-29-22-37-17-15-35-19-26-40(49-45(35)47(37)51-43)24-13-33-10-6-3-7-11-33/h2-30H,1H3/b23-12+,24-13+. The number of pyridine rings is 4. The van der Waals surface area contributed by atoms with E-state index in [-0.39, 0.29) is 0 Å². The maximum Gasteiger partial charge on any atom is 0.0972 e. The fourth-order valence-electron chi connectivity index (χ4n) is 6.66. The number of rotatable bonds is 6. The van der Waals surface area contributed by atoms with E-state index in [4.69, 9.17) is 19.9 Å². The third kappa shape index (κ3) is 6.04. The molecule has 0 amide bonds. The highest BCUT2D eigenvalue weighted by molar-refractivity contribution is 6.05. The second kappa shape index (κ2) is 12.9. The zero-order valence-electron chi connectivity index (χ0n) is 28.0. The number of nitrogens with zero attached hydrogens (tertiary/aromatic N) is 4. The fraction of sp³-hybridized carbons (Fsp3) is 0.0213. The lowest BCUT2D eigenvalue weighted by Gasteiger charge is -2.11. The van der Waals surface area contributed by atoms with E-state index >= 15 is 0 Å². The van der Waals surface area contributed by atoms with Gasteiger partial charge in [0.1, 0.15) is 0 Å². The van der Waals surface area contributed by atoms with Crippen LogP contribution in [0.5, 0.6) is 0 Å². The summed E-state index contributed by atoms with van der Waals surface area (Å²) in [5, 5.41) is 4.27. The molecule has 5 aromatic carbocycles. The van der Waals surface area contributed by atoms with Crippen LogP contribution in [0.15, 0.2) is 152 Å². The van der Waals surface area contributed by atoms with Gasteiger partial charge in [-0.05, 0) is 66.1 Å². The van der Waals surface area contributed by atoms with E-state index in [2.05, 4.69) is 146 Å². The molecule has 9 aromatic rings. The topological polar surface area (TPSA) is 51.6 Å². The summed E-state index contributed by atoms with van der Waals surface area (Å²) in [5.41, 5.74) is 12.8. The van der Waals surface area contributed by atoms with Crippen LogP contribution in [-0.4, -0.2) is 19.9 Å². The Bertz CT molecular complexity index is 2800. The number of hydrogen-bond acceptors (Lipinski definition) is 4. The minimum absolute atomic E-state index is 0.898. The van der Waals surface area contributed by atoms with Gasteiger partial charge < -0.3 is 0 Å². The third-order valence-electron chi connectivity index (χ3n) is 9.37. The fourth-order valence-corrected chi connectivity index (χ4v) is 6.66. The summed E-state index contributed by atoms with van der Waals surface area (Å²) in [6.45, 7) is 2.14. The Morgan fingerprint density at radius 3 is 1.31 bits per heavy atom. The molecule has 0 N–H and O–H groups in total. The second-order valence-corrected chi connectivity index (χ2v) is 12.8. The van der Waals surface area contributed by atoms with Gasteiger partial charge in [-0.25, -0.2) is 19.9 Å². The summed E-state index contributed by atoms with van der Waals surface area (Å²) in [6.07, 6.45) is 8.30. The van der Waals surface area contributed by atoms with E-state index in [0.717, 1.165) is 94.2 Å². The molecular weight excluding hydrogens is 621 g/mol. The molecule has 51 heavy (non-hydrogen) atoms. The van der Waals surface area contributed by atoms with Gasteiger partial charge in [-0.3, -0.25) is 0 Å². The van der Waals surface area contributed by atoms with Crippen molar-refractivity contribution < 1.29 is 0 Å². The van der Waals surface area contributed by atoms with Crippen LogP contribution < -0.4 is 0 Å². The molecular formula is C47H32N4. The molecule has 240 valence electrons. The van der Waals surface area contributed by atoms with Crippen LogP contribution in [0, 0.1) is 6.92 Å². The lowest BCUT2D eigenvalue weighted by atomic mass is 9.99. The predicted octanol–water partition coefficient (Wildman–Crippen LogP) is 11.9. The molecule has 0 fully saturated rings. The Kier molecular flexibility index (Phi) is 7.67. The molecule has 4 heteroatoms. The van der Waals surface area contributed by atoms with Crippen LogP contribution in [0.25, 0.3) is 90.4 Å². The molecule has 0 radical (unpaired) electrons. The van der Waals surface area contributed by atoms with Crippen molar-refractivity contribution in [2.45, 2.75) is 6.92 Å². The highest BCUT2D eigenvalue weighted by Gasteiger charge is 2.12. The maximum absolute atomic E-state index is 5.20. The SMILES string of the molecule is Cc1cc(-c2ccc3ccc4ccc(/C=C/c5ccccc5)nc4c3n2)ccc1-c1ccc2ccc3ccc(/C=C/c4ccccc4)nc3c2n1. The third-order valence-corrected chi connectivity index (χ3v) is 9.37. The van der Waals surface area contributed by atoms with Gasteiger partial charge in [0.2, 0.25) is 0 Å². The molecule has 4 aromatic heterocycles. The highest BCUT2D eigenvalue weighted by atomic mass is 14.8. The van der Waals surface area contributed by atoms with Gasteiger partial charge in [-0.2, -0.15) is 0 Å². The van der Waals surface area contributed by atoms with Crippen molar-refractivity contribution in [2.24, 2.45) is 0 Å². The van der Waals surface area contributed by atoms with Crippen molar-refractivity contribution in [2.75, 3.05) is 0 Å². The summed E-state index contributed by atoms with van der Waals surface area (Å²) >= 11 is 0. The van der Waals surface area contributed by atoms with Gasteiger partial charge in [-0.15, -0.1) is 0 Å². The van der Waals surface area contributed by atoms with Crippen molar-refractivity contribution in [1.82, 2.24) is 19.9 Å². The van der Waals surface area contributed by atoms with E-state index in [1.54, 1.807) is 0 Å². The Morgan fingerprint density at radius 1 is 0.373 bits per heavy atom. The first kappa shape index (κ1) is 30.3. The van der Waals surface area contributed by atoms with Crippen molar-refractivity contribution in [3.05, 3.63) is 180 Å². The van der Waals surface area contributed by atoms with E-state index in [1.165, 1.54) is 0 Å². The second-order valence-electron chi connectivity index (χ2n) is 12.8. The molecule has 0 aliphatic carbocycles. The molecule has 9 rings (SSSR count). The van der Waals surface area contributed by atoms with Crippen molar-refractivity contribution in [3.8, 4) is 22.5 Å². The first-order valence-electron chi connectivity index (χ1n) is 17.1. The quantitative estimate of drug-likeness (QED) is 0.168. The minimum Gasteiger partial charge on any atom is -0.246 e. The lowest BCUT2D eigenvalue weighted by Crippen LogP contribution is -1.93. The van der Waals surface area contributed by atoms with E-state index in [9.17, 15) is 0 Å². The van der Waals surface area contributed by atoms with Crippen LogP contribution in [0.2, 0.25) is 0 Å². The van der Waals surface area contributed by atoms with Gasteiger partial charge in [-0.1, -0.05) is 133 Å². The molecule has 0 saturated carbocycles. The molecule has 0 unspecified atom stereocenters. The van der Waals surface area contributed by atoms with Gasteiger partial charge >= 0.3 is 0 Å². The molecule has 0 aliphatic heterocycles. The normalized spacial score (nSPS) is 11.9. The molecule has 4 heterocycles. The van der Waals surface area contributed by atoms with Gasteiger partial charge in [0.15, 0.2) is 0 Å². The van der Waals surface area contributed by atoms with Crippen LogP contribution in [0.3, 0.4) is 0 Å². The van der Waals surface area contributed by atoms with Crippen LogP contribution in [0.1, 0.15) is 28.1 Å². The highest BCUT2D eigenvalue weighted by Crippen LogP contribution is 2.32. The minimum atomic E-state index is 0.898. The summed E-state index contributed by atoms with van der Waals surface area (Å²) in [5.74, 6) is 0. The average molecular weight is 653 g/mol.